The van der Waals surface area contributed by atoms with E-state index in [0.717, 1.165) is 44.3 Å². The lowest BCUT2D eigenvalue weighted by molar-refractivity contribution is 0.671. The van der Waals surface area contributed by atoms with E-state index in [-0.39, 0.29) is 0 Å². The summed E-state index contributed by atoms with van der Waals surface area (Å²) in [4.78, 5) is 0. The van der Waals surface area contributed by atoms with Crippen LogP contribution in [0, 0.1) is 0 Å². The van der Waals surface area contributed by atoms with Gasteiger partial charge in [0.05, 0.1) is 11.0 Å². The Kier molecular flexibility index (Phi) is 7.64. The normalized spacial score (nSPS) is 11.9. The number of fused-ring (bicyclic) bond motifs is 9. The molecule has 0 bridgehead atoms. The summed E-state index contributed by atoms with van der Waals surface area (Å²) in [7, 11) is 0. The lowest BCUT2D eigenvalue weighted by Crippen LogP contribution is -1.94. The predicted molar refractivity (Wildman–Crippen MR) is 262 cm³/mol. The van der Waals surface area contributed by atoms with Gasteiger partial charge in [0.25, 0.3) is 0 Å². The largest absolute Gasteiger partial charge is 0.455 e. The molecule has 2 nitrogen and oxygen atoms in total. The fraction of sp³-hybridized carbons (Fsp3) is 0. The van der Waals surface area contributed by atoms with E-state index >= 15 is 0 Å². The standard InChI is InChI=1S/C60H37NO/c1-2-16-39(17-3-1)57-47-21-6-8-23-49(47)58(50-24-9-7-22-48(50)57)40-31-34-42(35-32-40)61-55-30-11-10-20-46(55)54-37-41(33-36-56(54)61)44-25-13-28-52-53-29-14-27-51(60(53)62-59(44)52)45-26-12-18-38-15-4-5-19-43(38)45/h1-37H. The third kappa shape index (κ3) is 5.17. The number of hydrogen-bond acceptors (Lipinski definition) is 1. The molecular formula is C60H37NO. The molecule has 0 aliphatic heterocycles. The van der Waals surface area contributed by atoms with E-state index < -0.39 is 0 Å². The molecule has 0 amide bonds. The molecule has 0 spiro atoms. The van der Waals surface area contributed by atoms with Gasteiger partial charge in [-0.15, -0.1) is 0 Å². The van der Waals surface area contributed by atoms with E-state index in [1.807, 2.05) is 0 Å². The maximum atomic E-state index is 6.97. The quantitative estimate of drug-likeness (QED) is 0.159. The van der Waals surface area contributed by atoms with Crippen LogP contribution in [0.15, 0.2) is 229 Å². The third-order valence-electron chi connectivity index (χ3n) is 13.0. The summed E-state index contributed by atoms with van der Waals surface area (Å²) in [6, 6.07) is 81.5. The van der Waals surface area contributed by atoms with Crippen LogP contribution in [0.5, 0.6) is 0 Å². The van der Waals surface area contributed by atoms with Crippen LogP contribution >= 0.6 is 0 Å². The number of rotatable bonds is 5. The fourth-order valence-electron chi connectivity index (χ4n) is 10.3. The molecule has 0 saturated carbocycles. The Bertz CT molecular complexity index is 3840. The highest BCUT2D eigenvalue weighted by molar-refractivity contribution is 6.22. The van der Waals surface area contributed by atoms with E-state index in [1.54, 1.807) is 0 Å². The van der Waals surface area contributed by atoms with Crippen molar-refractivity contribution < 1.29 is 4.42 Å². The monoisotopic (exact) mass is 787 g/mol. The van der Waals surface area contributed by atoms with Crippen molar-refractivity contribution in [3.8, 4) is 50.2 Å². The van der Waals surface area contributed by atoms with Gasteiger partial charge in [-0.3, -0.25) is 0 Å². The van der Waals surface area contributed by atoms with Gasteiger partial charge in [0.2, 0.25) is 0 Å². The van der Waals surface area contributed by atoms with E-state index in [4.69, 9.17) is 4.42 Å². The van der Waals surface area contributed by atoms with Gasteiger partial charge in [-0.2, -0.15) is 0 Å². The van der Waals surface area contributed by atoms with Gasteiger partial charge >= 0.3 is 0 Å². The molecular weight excluding hydrogens is 751 g/mol. The van der Waals surface area contributed by atoms with Gasteiger partial charge in [0.15, 0.2) is 0 Å². The maximum Gasteiger partial charge on any atom is 0.143 e. The van der Waals surface area contributed by atoms with Crippen LogP contribution in [0.4, 0.5) is 0 Å². The number of benzene rings is 11. The Balaban J connectivity index is 0.950. The van der Waals surface area contributed by atoms with Crippen molar-refractivity contribution in [1.29, 1.82) is 0 Å². The molecule has 0 saturated heterocycles. The second-order valence-electron chi connectivity index (χ2n) is 16.3. The molecule has 62 heavy (non-hydrogen) atoms. The molecule has 2 aromatic heterocycles. The van der Waals surface area contributed by atoms with Crippen molar-refractivity contribution >= 4 is 76.1 Å². The van der Waals surface area contributed by atoms with Gasteiger partial charge < -0.3 is 8.98 Å². The van der Waals surface area contributed by atoms with E-state index in [2.05, 4.69) is 229 Å². The summed E-state index contributed by atoms with van der Waals surface area (Å²) in [5, 5.41) is 12.2. The van der Waals surface area contributed by atoms with Crippen molar-refractivity contribution in [2.24, 2.45) is 0 Å². The number of nitrogens with zero attached hydrogens (tertiary/aromatic N) is 1. The Morgan fingerprint density at radius 1 is 0.274 bits per heavy atom. The van der Waals surface area contributed by atoms with Gasteiger partial charge in [-0.25, -0.2) is 0 Å². The molecule has 0 atom stereocenters. The minimum absolute atomic E-state index is 0.908. The SMILES string of the molecule is c1ccc(-c2c3ccccc3c(-c3ccc(-n4c5ccccc5c5cc(-c6cccc7c6oc6c(-c8cccc9ccccc89)cccc67)ccc54)cc3)c3ccccc23)cc1. The zero-order valence-corrected chi connectivity index (χ0v) is 33.7. The summed E-state index contributed by atoms with van der Waals surface area (Å²) in [6.45, 7) is 0. The smallest absolute Gasteiger partial charge is 0.143 e. The Labute approximate surface area is 358 Å². The topological polar surface area (TPSA) is 18.1 Å². The molecule has 2 heterocycles. The fourth-order valence-corrected chi connectivity index (χ4v) is 10.3. The van der Waals surface area contributed by atoms with Crippen molar-refractivity contribution in [2.75, 3.05) is 0 Å². The van der Waals surface area contributed by atoms with E-state index in [1.165, 1.54) is 81.9 Å². The minimum Gasteiger partial charge on any atom is -0.455 e. The van der Waals surface area contributed by atoms with Crippen molar-refractivity contribution in [3.05, 3.63) is 224 Å². The first-order valence-electron chi connectivity index (χ1n) is 21.3. The highest BCUT2D eigenvalue weighted by atomic mass is 16.3. The van der Waals surface area contributed by atoms with Crippen LogP contribution in [-0.2, 0) is 0 Å². The molecule has 288 valence electrons. The van der Waals surface area contributed by atoms with Crippen molar-refractivity contribution in [3.63, 3.8) is 0 Å². The van der Waals surface area contributed by atoms with Crippen LogP contribution in [0.3, 0.4) is 0 Å². The van der Waals surface area contributed by atoms with E-state index in [0.29, 0.717) is 0 Å². The molecule has 0 N–H and O–H groups in total. The second kappa shape index (κ2) is 13.7. The Morgan fingerprint density at radius 2 is 0.742 bits per heavy atom. The molecule has 0 radical (unpaired) electrons. The van der Waals surface area contributed by atoms with E-state index in [9.17, 15) is 0 Å². The average molecular weight is 788 g/mol. The highest BCUT2D eigenvalue weighted by Gasteiger charge is 2.20. The third-order valence-corrected chi connectivity index (χ3v) is 13.0. The summed E-state index contributed by atoms with van der Waals surface area (Å²) in [5.41, 5.74) is 14.8. The number of furan rings is 1. The highest BCUT2D eigenvalue weighted by Crippen LogP contribution is 2.45. The first-order valence-corrected chi connectivity index (χ1v) is 21.3. The molecule has 2 heteroatoms. The van der Waals surface area contributed by atoms with Gasteiger partial charge in [-0.05, 0) is 96.0 Å². The van der Waals surface area contributed by atoms with Gasteiger partial charge in [0.1, 0.15) is 11.2 Å². The summed E-state index contributed by atoms with van der Waals surface area (Å²) in [5.74, 6) is 0. The number of para-hydroxylation sites is 3. The molecule has 0 fully saturated rings. The average Bonchev–Trinajstić information content (AvgIpc) is 3.89. The van der Waals surface area contributed by atoms with Crippen LogP contribution in [0.1, 0.15) is 0 Å². The van der Waals surface area contributed by atoms with Crippen molar-refractivity contribution in [1.82, 2.24) is 4.57 Å². The Morgan fingerprint density at radius 3 is 1.44 bits per heavy atom. The van der Waals surface area contributed by atoms with Gasteiger partial charge in [-0.1, -0.05) is 194 Å². The summed E-state index contributed by atoms with van der Waals surface area (Å²) >= 11 is 0. The maximum absolute atomic E-state index is 6.97. The van der Waals surface area contributed by atoms with Crippen molar-refractivity contribution in [2.45, 2.75) is 0 Å². The molecule has 0 unspecified atom stereocenters. The molecule has 0 aliphatic rings. The zero-order chi connectivity index (χ0) is 40.7. The minimum atomic E-state index is 0.908. The van der Waals surface area contributed by atoms with Crippen LogP contribution in [0.2, 0.25) is 0 Å². The number of hydrogen-bond donors (Lipinski definition) is 0. The first kappa shape index (κ1) is 34.6. The Hall–Kier alpha value is -8.20. The van der Waals surface area contributed by atoms with Crippen LogP contribution in [-0.4, -0.2) is 4.57 Å². The number of aromatic nitrogens is 1. The van der Waals surface area contributed by atoms with Gasteiger partial charge in [0, 0.05) is 38.4 Å². The zero-order valence-electron chi connectivity index (χ0n) is 33.7. The summed E-state index contributed by atoms with van der Waals surface area (Å²) in [6.07, 6.45) is 0. The molecule has 11 aromatic carbocycles. The summed E-state index contributed by atoms with van der Waals surface area (Å²) < 4.78 is 9.38. The first-order chi connectivity index (χ1) is 30.8. The predicted octanol–water partition coefficient (Wildman–Crippen LogP) is 16.8. The molecule has 0 aliphatic carbocycles. The van der Waals surface area contributed by atoms with Crippen LogP contribution < -0.4 is 0 Å². The molecule has 13 rings (SSSR count). The lowest BCUT2D eigenvalue weighted by atomic mass is 9.86. The lowest BCUT2D eigenvalue weighted by Gasteiger charge is -2.18. The second-order valence-corrected chi connectivity index (χ2v) is 16.3. The van der Waals surface area contributed by atoms with Crippen LogP contribution in [0.25, 0.3) is 126 Å². The molecule has 13 aromatic rings.